The minimum Gasteiger partial charge on any atom is -0.435 e. The Kier molecular flexibility index (Phi) is 9.50. The average Bonchev–Trinajstić information content (AvgIpc) is 3.22. The van der Waals surface area contributed by atoms with Gasteiger partial charge in [-0.3, -0.25) is 14.5 Å². The van der Waals surface area contributed by atoms with Crippen LogP contribution in [0.1, 0.15) is 19.5 Å². The highest BCUT2D eigenvalue weighted by Gasteiger charge is 2.54. The van der Waals surface area contributed by atoms with Crippen LogP contribution in [-0.4, -0.2) is 74.8 Å². The highest BCUT2D eigenvalue weighted by Crippen LogP contribution is 2.41. The van der Waals surface area contributed by atoms with E-state index in [1.54, 1.807) is 6.92 Å². The first-order valence-corrected chi connectivity index (χ1v) is 11.7. The van der Waals surface area contributed by atoms with E-state index in [0.717, 1.165) is 11.3 Å². The van der Waals surface area contributed by atoms with Crippen LogP contribution in [0.4, 0.5) is 9.93 Å². The minimum atomic E-state index is -1.28. The van der Waals surface area contributed by atoms with Gasteiger partial charge in [-0.1, -0.05) is 17.8 Å². The number of halogens is 1. The van der Waals surface area contributed by atoms with Gasteiger partial charge in [-0.25, -0.2) is 14.6 Å². The zero-order chi connectivity index (χ0) is 25.0. The molecule has 0 bridgehead atoms. The standard InChI is InChI=1S/C19H21N5O8S2.ClH/c1-4-9-6-33-16-12(22-14(25)11(23-29)10-7-34-18(20)21-10)15(26)24(16)13(9)17(27)31-8(3)32-19(28)30-5-2;/h4,7-8,12,16,29H,1,5-6H2,2-3H3,(H2,20,21)(H,22,25);1H/t8?,12?,16-;/m1./s1. The largest absolute Gasteiger partial charge is 0.511 e. The van der Waals surface area contributed by atoms with Crippen molar-refractivity contribution in [2.45, 2.75) is 31.6 Å². The van der Waals surface area contributed by atoms with Crippen LogP contribution in [0.5, 0.6) is 0 Å². The number of thioether (sulfide) groups is 1. The predicted molar refractivity (Wildman–Crippen MR) is 128 cm³/mol. The highest BCUT2D eigenvalue weighted by atomic mass is 35.5. The number of nitrogens with zero attached hydrogens (tertiary/aromatic N) is 3. The van der Waals surface area contributed by atoms with Gasteiger partial charge in [0.05, 0.1) is 6.61 Å². The van der Waals surface area contributed by atoms with E-state index < -0.39 is 47.4 Å². The molecule has 3 heterocycles. The van der Waals surface area contributed by atoms with Gasteiger partial charge in [0.15, 0.2) is 10.8 Å². The van der Waals surface area contributed by atoms with Gasteiger partial charge < -0.3 is 30.5 Å². The molecule has 13 nitrogen and oxygen atoms in total. The van der Waals surface area contributed by atoms with Crippen LogP contribution in [0.25, 0.3) is 0 Å². The molecule has 0 spiro atoms. The minimum absolute atomic E-state index is 0. The molecule has 3 atom stereocenters. The maximum atomic E-state index is 12.9. The summed E-state index contributed by atoms with van der Waals surface area (Å²) in [5.74, 6) is -2.05. The summed E-state index contributed by atoms with van der Waals surface area (Å²) < 4.78 is 14.6. The normalized spacial score (nSPS) is 20.0. The molecule has 1 saturated heterocycles. The third-order valence-corrected chi connectivity index (χ3v) is 6.58. The van der Waals surface area contributed by atoms with Crippen LogP contribution in [0.2, 0.25) is 0 Å². The van der Waals surface area contributed by atoms with Gasteiger partial charge in [0.2, 0.25) is 6.29 Å². The molecule has 1 aromatic heterocycles. The number of nitrogen functional groups attached to an aromatic ring is 1. The van der Waals surface area contributed by atoms with Crippen molar-refractivity contribution in [1.82, 2.24) is 15.2 Å². The lowest BCUT2D eigenvalue weighted by Gasteiger charge is -2.49. The van der Waals surface area contributed by atoms with E-state index in [4.69, 9.17) is 15.2 Å². The second-order valence-electron chi connectivity index (χ2n) is 6.73. The van der Waals surface area contributed by atoms with E-state index in [9.17, 15) is 24.4 Å². The number of hydrogen-bond acceptors (Lipinski definition) is 13. The Labute approximate surface area is 213 Å². The van der Waals surface area contributed by atoms with Gasteiger partial charge >= 0.3 is 12.1 Å². The number of anilines is 1. The van der Waals surface area contributed by atoms with E-state index in [1.807, 2.05) is 0 Å². The number of hydrogen-bond donors (Lipinski definition) is 3. The monoisotopic (exact) mass is 547 g/mol. The number of ether oxygens (including phenoxy) is 3. The van der Waals surface area contributed by atoms with Crippen molar-refractivity contribution < 1.29 is 38.6 Å². The Bertz CT molecular complexity index is 1090. The van der Waals surface area contributed by atoms with Crippen LogP contribution in [0.3, 0.4) is 0 Å². The number of esters is 1. The smallest absolute Gasteiger partial charge is 0.435 e. The maximum absolute atomic E-state index is 12.9. The summed E-state index contributed by atoms with van der Waals surface area (Å²) in [5.41, 5.74) is 5.55. The van der Waals surface area contributed by atoms with E-state index in [0.29, 0.717) is 11.3 Å². The fraction of sp³-hybridized carbons (Fsp3) is 0.368. The van der Waals surface area contributed by atoms with E-state index in [1.165, 1.54) is 35.0 Å². The lowest BCUT2D eigenvalue weighted by molar-refractivity contribution is -0.168. The number of allylic oxidation sites excluding steroid dienone is 1. The van der Waals surface area contributed by atoms with Crippen LogP contribution in [-0.2, 0) is 28.6 Å². The lowest BCUT2D eigenvalue weighted by Crippen LogP contribution is -2.71. The number of rotatable bonds is 8. The summed E-state index contributed by atoms with van der Waals surface area (Å²) >= 11 is 2.34. The van der Waals surface area contributed by atoms with Crippen molar-refractivity contribution in [2.75, 3.05) is 18.1 Å². The summed E-state index contributed by atoms with van der Waals surface area (Å²) in [5, 5.41) is 15.7. The quantitative estimate of drug-likeness (QED) is 0.106. The number of β-lactam (4-membered cyclic amide) rings is 1. The van der Waals surface area contributed by atoms with Gasteiger partial charge in [-0.05, 0) is 12.5 Å². The highest BCUT2D eigenvalue weighted by molar-refractivity contribution is 8.00. The van der Waals surface area contributed by atoms with Gasteiger partial charge in [0, 0.05) is 18.1 Å². The Hall–Kier alpha value is -3.30. The maximum Gasteiger partial charge on any atom is 0.511 e. The molecule has 4 N–H and O–H groups in total. The first-order valence-electron chi connectivity index (χ1n) is 9.80. The Morgan fingerprint density at radius 1 is 1.46 bits per heavy atom. The number of nitrogens with two attached hydrogens (primary N) is 1. The molecule has 0 aromatic carbocycles. The molecule has 1 aromatic rings. The molecule has 190 valence electrons. The summed E-state index contributed by atoms with van der Waals surface area (Å²) in [6.45, 7) is 6.65. The lowest BCUT2D eigenvalue weighted by atomic mass is 10.0. The van der Waals surface area contributed by atoms with Gasteiger partial charge in [0.25, 0.3) is 11.8 Å². The SMILES string of the molecule is C=CC1=C(C(=O)OC(C)OC(=O)OCC)N2C(=O)C(NC(=O)C(=NO)c3csc(N)n3)[C@H]2SC1.Cl. The van der Waals surface area contributed by atoms with Crippen LogP contribution >= 0.6 is 35.5 Å². The molecule has 0 saturated carbocycles. The number of aromatic nitrogens is 1. The van der Waals surface area contributed by atoms with Crippen molar-refractivity contribution >= 4 is 70.3 Å². The molecule has 35 heavy (non-hydrogen) atoms. The average molecular weight is 548 g/mol. The van der Waals surface area contributed by atoms with E-state index in [2.05, 4.69) is 26.8 Å². The molecule has 2 unspecified atom stereocenters. The van der Waals surface area contributed by atoms with Gasteiger partial charge in [0.1, 0.15) is 22.8 Å². The summed E-state index contributed by atoms with van der Waals surface area (Å²) in [6.07, 6.45) is -0.873. The van der Waals surface area contributed by atoms with Crippen LogP contribution in [0.15, 0.2) is 34.5 Å². The number of amides is 2. The summed E-state index contributed by atoms with van der Waals surface area (Å²) in [7, 11) is 0. The second kappa shape index (κ2) is 11.9. The van der Waals surface area contributed by atoms with E-state index >= 15 is 0 Å². The molecule has 0 radical (unpaired) electrons. The Morgan fingerprint density at radius 3 is 2.74 bits per heavy atom. The second-order valence-corrected chi connectivity index (χ2v) is 8.73. The number of carbonyl (C=O) groups excluding carboxylic acids is 4. The van der Waals surface area contributed by atoms with Crippen molar-refractivity contribution in [1.29, 1.82) is 0 Å². The summed E-state index contributed by atoms with van der Waals surface area (Å²) in [4.78, 5) is 54.8. The Morgan fingerprint density at radius 2 is 2.17 bits per heavy atom. The zero-order valence-electron chi connectivity index (χ0n) is 18.5. The molecular weight excluding hydrogens is 526 g/mol. The van der Waals surface area contributed by atoms with E-state index in [-0.39, 0.29) is 35.5 Å². The Balaban J connectivity index is 0.00000432. The van der Waals surface area contributed by atoms with Gasteiger partial charge in [-0.2, -0.15) is 0 Å². The number of carbonyl (C=O) groups is 4. The van der Waals surface area contributed by atoms with Crippen molar-refractivity contribution in [3.8, 4) is 0 Å². The third kappa shape index (κ3) is 5.86. The van der Waals surface area contributed by atoms with Crippen LogP contribution in [0, 0.1) is 0 Å². The molecule has 16 heteroatoms. The van der Waals surface area contributed by atoms with Crippen molar-refractivity contribution in [3.63, 3.8) is 0 Å². The first-order chi connectivity index (χ1) is 16.2. The molecule has 2 aliphatic rings. The fourth-order valence-corrected chi connectivity index (χ4v) is 5.01. The number of oxime groups is 1. The van der Waals surface area contributed by atoms with Gasteiger partial charge in [-0.15, -0.1) is 35.5 Å². The number of fused-ring (bicyclic) bond motifs is 1. The van der Waals surface area contributed by atoms with Crippen molar-refractivity contribution in [2.24, 2.45) is 5.16 Å². The third-order valence-electron chi connectivity index (χ3n) is 4.60. The molecular formula is C19H22ClN5O8S2. The van der Waals surface area contributed by atoms with Crippen LogP contribution < -0.4 is 11.1 Å². The number of thiazole rings is 1. The number of nitrogens with one attached hydrogen (secondary N) is 1. The predicted octanol–water partition coefficient (Wildman–Crippen LogP) is 1.23. The molecule has 3 rings (SSSR count). The molecule has 1 fully saturated rings. The molecule has 0 aliphatic carbocycles. The topological polar surface area (TPSA) is 183 Å². The first kappa shape index (κ1) is 27.9. The summed E-state index contributed by atoms with van der Waals surface area (Å²) in [6, 6.07) is -1.01. The zero-order valence-corrected chi connectivity index (χ0v) is 20.9. The van der Waals surface area contributed by atoms with Crippen molar-refractivity contribution in [3.05, 3.63) is 35.0 Å². The molecule has 2 amide bonds. The fourth-order valence-electron chi connectivity index (χ4n) is 3.13. The molecule has 2 aliphatic heterocycles.